The number of Topliss-reactive ketones (excluding diaryl/α,β-unsaturated/α-hetero) is 2. The number of rotatable bonds is 6. The highest BCUT2D eigenvalue weighted by atomic mass is 32.2. The molecule has 0 unspecified atom stereocenters. The molecule has 0 aliphatic heterocycles. The molecule has 0 fully saturated rings. The van der Waals surface area contributed by atoms with Gasteiger partial charge in [-0.3, -0.25) is 9.59 Å². The quantitative estimate of drug-likeness (QED) is 0.340. The number of nitrogens with one attached hydrogen (secondary N) is 1. The zero-order valence-electron chi connectivity index (χ0n) is 15.4. The molecule has 2 heterocycles. The third-order valence-electron chi connectivity index (χ3n) is 4.21. The molecule has 0 aliphatic carbocycles. The number of carbonyl (C=O) groups excluding carboxylic acids is 2. The maximum atomic E-state index is 12.9. The lowest BCUT2D eigenvalue weighted by Gasteiger charge is -2.08. The van der Waals surface area contributed by atoms with Gasteiger partial charge in [-0.15, -0.1) is 5.10 Å². The van der Waals surface area contributed by atoms with Gasteiger partial charge in [-0.1, -0.05) is 41.3 Å². The summed E-state index contributed by atoms with van der Waals surface area (Å²) in [5.41, 5.74) is 3.42. The lowest BCUT2D eigenvalue weighted by Crippen LogP contribution is -2.15. The van der Waals surface area contributed by atoms with E-state index in [0.717, 1.165) is 15.7 Å². The number of para-hydroxylation sites is 1. The molecule has 27 heavy (non-hydrogen) atoms. The Hall–Kier alpha value is -2.03. The Morgan fingerprint density at radius 3 is 2.52 bits per heavy atom. The van der Waals surface area contributed by atoms with Crippen molar-refractivity contribution < 1.29 is 9.59 Å². The predicted molar refractivity (Wildman–Crippen MR) is 112 cm³/mol. The fourth-order valence-corrected chi connectivity index (χ4v) is 5.54. The van der Waals surface area contributed by atoms with Crippen LogP contribution in [0.5, 0.6) is 0 Å². The van der Waals surface area contributed by atoms with E-state index in [0.29, 0.717) is 20.8 Å². The number of benzene rings is 1. The van der Waals surface area contributed by atoms with E-state index in [1.807, 2.05) is 44.2 Å². The van der Waals surface area contributed by atoms with Gasteiger partial charge in [0.05, 0.1) is 16.6 Å². The van der Waals surface area contributed by atoms with Gasteiger partial charge in [0.1, 0.15) is 0 Å². The molecule has 0 saturated heterocycles. The predicted octanol–water partition coefficient (Wildman–Crippen LogP) is 5.17. The van der Waals surface area contributed by atoms with Crippen molar-refractivity contribution in [3.8, 4) is 5.69 Å². The average Bonchev–Trinajstić information content (AvgIpc) is 3.13. The number of hydrogen-bond donors (Lipinski definition) is 1. The molecule has 1 N–H and O–H groups in total. The Balaban J connectivity index is 1.83. The summed E-state index contributed by atoms with van der Waals surface area (Å²) < 4.78 is 3.07. The van der Waals surface area contributed by atoms with E-state index in [9.17, 15) is 9.59 Å². The van der Waals surface area contributed by atoms with E-state index in [1.165, 1.54) is 30.0 Å². The molecular weight excluding hydrogens is 398 g/mol. The van der Waals surface area contributed by atoms with Crippen molar-refractivity contribution in [2.45, 2.75) is 37.3 Å². The van der Waals surface area contributed by atoms with Crippen LogP contribution in [0.1, 0.15) is 46.0 Å². The molecule has 0 aliphatic rings. The second-order valence-electron chi connectivity index (χ2n) is 6.19. The Morgan fingerprint density at radius 2 is 1.93 bits per heavy atom. The monoisotopic (exact) mass is 417 g/mol. The molecule has 2 aromatic heterocycles. The minimum atomic E-state index is -0.355. The SMILES string of the molecule is CC(=O)c1c(C)[nH]c(C(=O)[C@@H](C)Sc2nn(-c3ccccc3)c(=S)s2)c1C. The van der Waals surface area contributed by atoms with E-state index in [4.69, 9.17) is 12.2 Å². The van der Waals surface area contributed by atoms with E-state index in [1.54, 1.807) is 11.6 Å². The summed E-state index contributed by atoms with van der Waals surface area (Å²) in [6.45, 7) is 6.97. The largest absolute Gasteiger partial charge is 0.355 e. The molecule has 1 atom stereocenters. The van der Waals surface area contributed by atoms with Crippen LogP contribution in [0.15, 0.2) is 34.7 Å². The Bertz CT molecular complexity index is 1060. The van der Waals surface area contributed by atoms with Gasteiger partial charge in [-0.25, -0.2) is 4.68 Å². The summed E-state index contributed by atoms with van der Waals surface area (Å²) in [5, 5.41) is 4.19. The maximum absolute atomic E-state index is 12.9. The van der Waals surface area contributed by atoms with Crippen molar-refractivity contribution in [3.63, 3.8) is 0 Å². The third-order valence-corrected chi connectivity index (χ3v) is 6.63. The number of nitrogens with zero attached hydrogens (tertiary/aromatic N) is 2. The molecule has 1 aromatic carbocycles. The molecule has 8 heteroatoms. The minimum Gasteiger partial charge on any atom is -0.355 e. The van der Waals surface area contributed by atoms with Gasteiger partial charge in [0.15, 0.2) is 19.9 Å². The molecule has 3 rings (SSSR count). The average molecular weight is 418 g/mol. The van der Waals surface area contributed by atoms with E-state index < -0.39 is 0 Å². The van der Waals surface area contributed by atoms with Gasteiger partial charge < -0.3 is 4.98 Å². The zero-order valence-corrected chi connectivity index (χ0v) is 17.8. The maximum Gasteiger partial charge on any atom is 0.192 e. The zero-order chi connectivity index (χ0) is 19.7. The summed E-state index contributed by atoms with van der Waals surface area (Å²) in [7, 11) is 0. The van der Waals surface area contributed by atoms with Crippen molar-refractivity contribution in [2.75, 3.05) is 0 Å². The van der Waals surface area contributed by atoms with Crippen LogP contribution in [-0.4, -0.2) is 31.6 Å². The van der Waals surface area contributed by atoms with Crippen LogP contribution in [0.25, 0.3) is 5.69 Å². The minimum absolute atomic E-state index is 0.0415. The van der Waals surface area contributed by atoms with Crippen LogP contribution in [-0.2, 0) is 0 Å². The van der Waals surface area contributed by atoms with E-state index in [2.05, 4.69) is 10.1 Å². The molecule has 3 aromatic rings. The summed E-state index contributed by atoms with van der Waals surface area (Å²) in [4.78, 5) is 27.8. The van der Waals surface area contributed by atoms with Gasteiger partial charge >= 0.3 is 0 Å². The van der Waals surface area contributed by atoms with E-state index in [-0.39, 0.29) is 16.8 Å². The molecule has 0 amide bonds. The highest BCUT2D eigenvalue weighted by molar-refractivity contribution is 8.02. The van der Waals surface area contributed by atoms with Crippen LogP contribution in [0.4, 0.5) is 0 Å². The first-order chi connectivity index (χ1) is 12.8. The number of carbonyl (C=O) groups is 2. The van der Waals surface area contributed by atoms with Crippen molar-refractivity contribution in [1.82, 2.24) is 14.8 Å². The normalized spacial score (nSPS) is 12.1. The van der Waals surface area contributed by atoms with Gasteiger partial charge in [0.2, 0.25) is 0 Å². The summed E-state index contributed by atoms with van der Waals surface area (Å²) in [5.74, 6) is -0.0966. The summed E-state index contributed by atoms with van der Waals surface area (Å²) in [6, 6.07) is 9.67. The standard InChI is InChI=1S/C19H19N3O2S3/c1-10-15(12(3)23)11(2)20-16(10)17(24)13(4)26-18-21-22(19(25)27-18)14-8-6-5-7-9-14/h5-9,13,20H,1-4H3/t13-/m1/s1. The van der Waals surface area contributed by atoms with Gasteiger partial charge in [-0.05, 0) is 57.6 Å². The number of hydrogen-bond acceptors (Lipinski definition) is 6. The van der Waals surface area contributed by atoms with Crippen LogP contribution < -0.4 is 0 Å². The smallest absolute Gasteiger partial charge is 0.192 e. The Labute approximate surface area is 170 Å². The second kappa shape index (κ2) is 7.92. The van der Waals surface area contributed by atoms with Crippen LogP contribution in [0.3, 0.4) is 0 Å². The lowest BCUT2D eigenvalue weighted by atomic mass is 10.0. The number of H-pyrrole nitrogens is 1. The second-order valence-corrected chi connectivity index (χ2v) is 9.40. The van der Waals surface area contributed by atoms with Crippen LogP contribution in [0.2, 0.25) is 0 Å². The number of ketones is 2. The Kier molecular flexibility index (Phi) is 5.78. The first-order valence-electron chi connectivity index (χ1n) is 8.36. The third kappa shape index (κ3) is 3.97. The molecule has 5 nitrogen and oxygen atoms in total. The van der Waals surface area contributed by atoms with Crippen LogP contribution >= 0.6 is 35.3 Å². The van der Waals surface area contributed by atoms with Crippen molar-refractivity contribution in [1.29, 1.82) is 0 Å². The molecule has 0 spiro atoms. The molecule has 0 saturated carbocycles. The Morgan fingerprint density at radius 1 is 1.26 bits per heavy atom. The molecular formula is C19H19N3O2S3. The summed E-state index contributed by atoms with van der Waals surface area (Å²) >= 11 is 8.17. The topological polar surface area (TPSA) is 67.8 Å². The first-order valence-corrected chi connectivity index (χ1v) is 10.5. The molecule has 0 bridgehead atoms. The molecule has 0 radical (unpaired) electrons. The fourth-order valence-electron chi connectivity index (χ4n) is 2.97. The van der Waals surface area contributed by atoms with Gasteiger partial charge in [-0.2, -0.15) is 0 Å². The van der Waals surface area contributed by atoms with Crippen molar-refractivity contribution in [3.05, 3.63) is 56.8 Å². The van der Waals surface area contributed by atoms with Crippen LogP contribution in [0, 0.1) is 17.8 Å². The summed E-state index contributed by atoms with van der Waals surface area (Å²) in [6.07, 6.45) is 0. The lowest BCUT2D eigenvalue weighted by molar-refractivity contribution is 0.0988. The highest BCUT2D eigenvalue weighted by Gasteiger charge is 2.25. The van der Waals surface area contributed by atoms with E-state index >= 15 is 0 Å². The number of aromatic amines is 1. The fraction of sp³-hybridized carbons (Fsp3) is 0.263. The number of aryl methyl sites for hydroxylation is 1. The highest BCUT2D eigenvalue weighted by Crippen LogP contribution is 2.30. The van der Waals surface area contributed by atoms with Crippen molar-refractivity contribution >= 4 is 46.9 Å². The number of thioether (sulfide) groups is 1. The van der Waals surface area contributed by atoms with Gasteiger partial charge in [0.25, 0.3) is 0 Å². The van der Waals surface area contributed by atoms with Gasteiger partial charge in [0, 0.05) is 11.3 Å². The first kappa shape index (κ1) is 19.7. The number of aromatic nitrogens is 3. The molecule has 140 valence electrons. The van der Waals surface area contributed by atoms with Crippen molar-refractivity contribution in [2.24, 2.45) is 0 Å².